The molecule has 0 fully saturated rings. The number of esters is 1. The van der Waals surface area contributed by atoms with E-state index in [1.165, 1.54) is 13.3 Å². The van der Waals surface area contributed by atoms with Gasteiger partial charge in [-0.05, 0) is 12.1 Å². The molecule has 0 amide bonds. The molecule has 86 valence electrons. The van der Waals surface area contributed by atoms with Gasteiger partial charge in [0.05, 0.1) is 24.3 Å². The van der Waals surface area contributed by atoms with Crippen molar-refractivity contribution in [3.8, 4) is 0 Å². The average molecular weight is 230 g/mol. The number of para-hydroxylation sites is 2. The summed E-state index contributed by atoms with van der Waals surface area (Å²) in [6.07, 6.45) is 1.44. The summed E-state index contributed by atoms with van der Waals surface area (Å²) >= 11 is 0. The third-order valence-electron chi connectivity index (χ3n) is 2.20. The Morgan fingerprint density at radius 3 is 2.71 bits per heavy atom. The van der Waals surface area contributed by atoms with Crippen molar-refractivity contribution >= 4 is 22.7 Å². The lowest BCUT2D eigenvalue weighted by molar-refractivity contribution is -0.132. The lowest BCUT2D eigenvalue weighted by Gasteiger charge is -2.03. The minimum atomic E-state index is -0.642. The first-order valence-electron chi connectivity index (χ1n) is 4.84. The molecule has 0 atom stereocenters. The molecule has 0 spiro atoms. The normalized spacial score (nSPS) is 11.5. The zero-order valence-corrected chi connectivity index (χ0v) is 9.12. The number of ether oxygens (including phenoxy) is 1. The molecule has 0 radical (unpaired) electrons. The first kappa shape index (κ1) is 11.0. The van der Waals surface area contributed by atoms with Crippen LogP contribution in [0, 0.1) is 0 Å². The van der Waals surface area contributed by atoms with Crippen LogP contribution in [0.4, 0.5) is 0 Å². The van der Waals surface area contributed by atoms with Crippen molar-refractivity contribution < 1.29 is 9.53 Å². The lowest BCUT2D eigenvalue weighted by atomic mass is 10.2. The molecule has 1 aromatic carbocycles. The molecule has 0 aliphatic heterocycles. The Labute approximate surface area is 97.1 Å². The molecule has 1 aromatic heterocycles. The van der Waals surface area contributed by atoms with Crippen molar-refractivity contribution in [2.75, 3.05) is 7.11 Å². The number of benzene rings is 1. The average Bonchev–Trinajstić information content (AvgIpc) is 2.39. The summed E-state index contributed by atoms with van der Waals surface area (Å²) in [5.41, 5.74) is 1.64. The predicted octanol–water partition coefficient (Wildman–Crippen LogP) is 0.466. The summed E-state index contributed by atoms with van der Waals surface area (Å²) in [6, 6.07) is 7.30. The van der Waals surface area contributed by atoms with E-state index in [0.717, 1.165) is 5.52 Å². The van der Waals surface area contributed by atoms with Crippen LogP contribution in [-0.4, -0.2) is 28.8 Å². The molecule has 2 rings (SSSR count). The first-order valence-corrected chi connectivity index (χ1v) is 4.84. The van der Waals surface area contributed by atoms with Gasteiger partial charge in [0, 0.05) is 0 Å². The van der Waals surface area contributed by atoms with Gasteiger partial charge in [-0.2, -0.15) is 5.10 Å². The van der Waals surface area contributed by atoms with Gasteiger partial charge in [-0.3, -0.25) is 4.98 Å². The summed E-state index contributed by atoms with van der Waals surface area (Å²) in [6.45, 7) is 0. The van der Waals surface area contributed by atoms with Gasteiger partial charge in [0.1, 0.15) is 5.69 Å². The van der Waals surface area contributed by atoms with Crippen LogP contribution in [0.3, 0.4) is 0 Å². The van der Waals surface area contributed by atoms with E-state index < -0.39 is 5.97 Å². The molecule has 6 nitrogen and oxygen atoms in total. The Hall–Kier alpha value is -2.50. The maximum atomic E-state index is 11.4. The Morgan fingerprint density at radius 1 is 1.35 bits per heavy atom. The van der Waals surface area contributed by atoms with E-state index in [2.05, 4.69) is 19.8 Å². The number of hydrogen-bond acceptors (Lipinski definition) is 6. The largest absolute Gasteiger partial charge is 0.464 e. The Morgan fingerprint density at radius 2 is 2.06 bits per heavy atom. The quantitative estimate of drug-likeness (QED) is 0.350. The van der Waals surface area contributed by atoms with E-state index in [-0.39, 0.29) is 11.4 Å². The van der Waals surface area contributed by atoms with Crippen LogP contribution in [0.2, 0.25) is 0 Å². The predicted molar refractivity (Wildman–Crippen MR) is 62.3 cm³/mol. The molecule has 0 aliphatic rings. The molecule has 2 aromatic rings. The SMILES string of the molecule is COC(=O)/C(=N/N)c1cnc2ccccc2n1. The summed E-state index contributed by atoms with van der Waals surface area (Å²) < 4.78 is 4.55. The van der Waals surface area contributed by atoms with Crippen LogP contribution < -0.4 is 5.84 Å². The van der Waals surface area contributed by atoms with Gasteiger partial charge in [-0.25, -0.2) is 9.78 Å². The van der Waals surface area contributed by atoms with Gasteiger partial charge in [0.15, 0.2) is 5.71 Å². The van der Waals surface area contributed by atoms with Crippen LogP contribution in [-0.2, 0) is 9.53 Å². The van der Waals surface area contributed by atoms with Crippen LogP contribution in [0.15, 0.2) is 35.6 Å². The van der Waals surface area contributed by atoms with Crippen molar-refractivity contribution in [1.82, 2.24) is 9.97 Å². The van der Waals surface area contributed by atoms with Crippen LogP contribution >= 0.6 is 0 Å². The molecule has 6 heteroatoms. The van der Waals surface area contributed by atoms with Crippen molar-refractivity contribution in [3.63, 3.8) is 0 Å². The second kappa shape index (κ2) is 4.56. The Balaban J connectivity index is 2.52. The highest BCUT2D eigenvalue weighted by atomic mass is 16.5. The number of methoxy groups -OCH3 is 1. The topological polar surface area (TPSA) is 90.5 Å². The van der Waals surface area contributed by atoms with Crippen molar-refractivity contribution in [1.29, 1.82) is 0 Å². The summed E-state index contributed by atoms with van der Waals surface area (Å²) in [5.74, 6) is 4.50. The number of carbonyl (C=O) groups excluding carboxylic acids is 1. The molecule has 0 saturated heterocycles. The van der Waals surface area contributed by atoms with Crippen LogP contribution in [0.25, 0.3) is 11.0 Å². The Bertz CT molecular complexity index is 595. The summed E-state index contributed by atoms with van der Waals surface area (Å²) in [7, 11) is 1.25. The van der Waals surface area contributed by atoms with Crippen molar-refractivity contribution in [2.45, 2.75) is 0 Å². The van der Waals surface area contributed by atoms with Gasteiger partial charge in [0.2, 0.25) is 0 Å². The summed E-state index contributed by atoms with van der Waals surface area (Å²) in [5, 5.41) is 3.38. The Kier molecular flexibility index (Phi) is 2.95. The van der Waals surface area contributed by atoms with Gasteiger partial charge in [0.25, 0.3) is 0 Å². The van der Waals surface area contributed by atoms with E-state index in [1.54, 1.807) is 6.07 Å². The van der Waals surface area contributed by atoms with Crippen LogP contribution in [0.1, 0.15) is 5.69 Å². The zero-order valence-electron chi connectivity index (χ0n) is 9.12. The number of nitrogens with zero attached hydrogens (tertiary/aromatic N) is 3. The van der Waals surface area contributed by atoms with E-state index in [0.29, 0.717) is 5.52 Å². The van der Waals surface area contributed by atoms with Gasteiger partial charge < -0.3 is 10.6 Å². The van der Waals surface area contributed by atoms with Crippen LogP contribution in [0.5, 0.6) is 0 Å². The lowest BCUT2D eigenvalue weighted by Crippen LogP contribution is -2.20. The van der Waals surface area contributed by atoms with Gasteiger partial charge in [-0.15, -0.1) is 0 Å². The monoisotopic (exact) mass is 230 g/mol. The maximum absolute atomic E-state index is 11.4. The number of hydrogen-bond donors (Lipinski definition) is 1. The number of rotatable bonds is 2. The van der Waals surface area contributed by atoms with Crippen molar-refractivity contribution in [2.24, 2.45) is 10.9 Å². The fourth-order valence-corrected chi connectivity index (χ4v) is 1.39. The molecule has 0 bridgehead atoms. The number of hydrazone groups is 1. The van der Waals surface area contributed by atoms with Crippen molar-refractivity contribution in [3.05, 3.63) is 36.2 Å². The fraction of sp³-hybridized carbons (Fsp3) is 0.0909. The molecule has 0 saturated carbocycles. The second-order valence-corrected chi connectivity index (χ2v) is 3.21. The number of fused-ring (bicyclic) bond motifs is 1. The fourth-order valence-electron chi connectivity index (χ4n) is 1.39. The molecule has 17 heavy (non-hydrogen) atoms. The molecule has 2 N–H and O–H groups in total. The standard InChI is InChI=1S/C11H10N4O2/c1-17-11(16)10(15-12)9-6-13-7-4-2-3-5-8(7)14-9/h2-6H,12H2,1H3/b15-10+. The molecule has 0 aliphatic carbocycles. The maximum Gasteiger partial charge on any atom is 0.360 e. The molecule has 1 heterocycles. The van der Waals surface area contributed by atoms with Gasteiger partial charge in [-0.1, -0.05) is 12.1 Å². The highest BCUT2D eigenvalue weighted by molar-refractivity contribution is 6.42. The summed E-state index contributed by atoms with van der Waals surface area (Å²) in [4.78, 5) is 19.8. The number of nitrogens with two attached hydrogens (primary N) is 1. The highest BCUT2D eigenvalue weighted by Crippen LogP contribution is 2.09. The molecular formula is C11H10N4O2. The highest BCUT2D eigenvalue weighted by Gasteiger charge is 2.16. The third-order valence-corrected chi connectivity index (χ3v) is 2.20. The number of aromatic nitrogens is 2. The van der Waals surface area contributed by atoms with E-state index in [9.17, 15) is 4.79 Å². The van der Waals surface area contributed by atoms with E-state index >= 15 is 0 Å². The minimum Gasteiger partial charge on any atom is -0.464 e. The van der Waals surface area contributed by atoms with E-state index in [4.69, 9.17) is 5.84 Å². The molecule has 0 unspecified atom stereocenters. The zero-order chi connectivity index (χ0) is 12.3. The third kappa shape index (κ3) is 2.05. The van der Waals surface area contributed by atoms with Gasteiger partial charge >= 0.3 is 5.97 Å². The van der Waals surface area contributed by atoms with E-state index in [1.807, 2.05) is 18.2 Å². The smallest absolute Gasteiger partial charge is 0.360 e. The first-order chi connectivity index (χ1) is 8.26. The molecular weight excluding hydrogens is 220 g/mol. The number of carbonyl (C=O) groups is 1. The second-order valence-electron chi connectivity index (χ2n) is 3.21. The minimum absolute atomic E-state index is 0.0502.